The summed E-state index contributed by atoms with van der Waals surface area (Å²) in [4.78, 5) is 10.5. The maximum Gasteiger partial charge on any atom is 0.153 e. The second-order valence-electron chi connectivity index (χ2n) is 4.37. The third-order valence-electron chi connectivity index (χ3n) is 3.13. The Labute approximate surface area is 95.5 Å². The fourth-order valence-corrected chi connectivity index (χ4v) is 2.22. The summed E-state index contributed by atoms with van der Waals surface area (Å²) < 4.78 is 0. The molecule has 1 aromatic rings. The molecule has 0 aromatic heterocycles. The molecule has 16 heavy (non-hydrogen) atoms. The first-order valence-electron chi connectivity index (χ1n) is 5.84. The van der Waals surface area contributed by atoms with E-state index in [1.807, 2.05) is 6.07 Å². The van der Waals surface area contributed by atoms with Crippen LogP contribution in [0.3, 0.4) is 0 Å². The lowest BCUT2D eigenvalue weighted by Crippen LogP contribution is -2.22. The normalized spacial score (nSPS) is 17.0. The predicted molar refractivity (Wildman–Crippen MR) is 64.0 cm³/mol. The van der Waals surface area contributed by atoms with Gasteiger partial charge in [0.1, 0.15) is 5.75 Å². The fraction of sp³-hybridized carbons (Fsp3) is 0.462. The Morgan fingerprint density at radius 1 is 1.25 bits per heavy atom. The first-order chi connectivity index (χ1) is 7.79. The number of phenolic OH excluding ortho intramolecular Hbond substituents is 1. The maximum atomic E-state index is 10.5. The molecular formula is C13H17NO2. The van der Waals surface area contributed by atoms with Crippen LogP contribution in [0, 0.1) is 0 Å². The van der Waals surface area contributed by atoms with E-state index in [4.69, 9.17) is 0 Å². The Kier molecular flexibility index (Phi) is 3.44. The Balaban J connectivity index is 2.03. The molecule has 1 aliphatic carbocycles. The second kappa shape index (κ2) is 5.01. The molecule has 2 rings (SSSR count). The Morgan fingerprint density at radius 2 is 2.00 bits per heavy atom. The fourth-order valence-electron chi connectivity index (χ4n) is 2.22. The molecule has 3 heteroatoms. The summed E-state index contributed by atoms with van der Waals surface area (Å²) >= 11 is 0. The number of phenols is 1. The zero-order chi connectivity index (χ0) is 11.4. The third-order valence-corrected chi connectivity index (χ3v) is 3.13. The standard InChI is InChI=1S/C13H17NO2/c15-9-10-6-7-12(8-13(10)16)14-11-4-2-1-3-5-11/h6-9,11,14,16H,1-5H2. The van der Waals surface area contributed by atoms with Gasteiger partial charge in [0, 0.05) is 17.8 Å². The minimum atomic E-state index is 0.0517. The zero-order valence-corrected chi connectivity index (χ0v) is 9.28. The number of aldehydes is 1. The molecule has 86 valence electrons. The molecule has 0 radical (unpaired) electrons. The average Bonchev–Trinajstić information content (AvgIpc) is 2.31. The zero-order valence-electron chi connectivity index (χ0n) is 9.28. The highest BCUT2D eigenvalue weighted by molar-refractivity contribution is 5.80. The van der Waals surface area contributed by atoms with Gasteiger partial charge >= 0.3 is 0 Å². The van der Waals surface area contributed by atoms with E-state index >= 15 is 0 Å². The Bertz CT molecular complexity index is 370. The van der Waals surface area contributed by atoms with Crippen molar-refractivity contribution in [3.63, 3.8) is 0 Å². The van der Waals surface area contributed by atoms with E-state index in [1.54, 1.807) is 12.1 Å². The van der Waals surface area contributed by atoms with Gasteiger partial charge in [0.05, 0.1) is 5.56 Å². The average molecular weight is 219 g/mol. The maximum absolute atomic E-state index is 10.5. The monoisotopic (exact) mass is 219 g/mol. The van der Waals surface area contributed by atoms with Crippen molar-refractivity contribution in [2.45, 2.75) is 38.1 Å². The van der Waals surface area contributed by atoms with Crippen LogP contribution in [-0.4, -0.2) is 17.4 Å². The van der Waals surface area contributed by atoms with E-state index in [1.165, 1.54) is 32.1 Å². The number of rotatable bonds is 3. The van der Waals surface area contributed by atoms with Crippen LogP contribution in [0.15, 0.2) is 18.2 Å². The number of hydrogen-bond acceptors (Lipinski definition) is 3. The van der Waals surface area contributed by atoms with E-state index in [0.717, 1.165) is 5.69 Å². The lowest BCUT2D eigenvalue weighted by Gasteiger charge is -2.23. The number of hydrogen-bond donors (Lipinski definition) is 2. The van der Waals surface area contributed by atoms with Gasteiger partial charge in [0.2, 0.25) is 0 Å². The van der Waals surface area contributed by atoms with Gasteiger partial charge in [0.25, 0.3) is 0 Å². The molecular weight excluding hydrogens is 202 g/mol. The van der Waals surface area contributed by atoms with Crippen LogP contribution in [0.2, 0.25) is 0 Å². The largest absolute Gasteiger partial charge is 0.507 e. The van der Waals surface area contributed by atoms with E-state index in [0.29, 0.717) is 17.9 Å². The smallest absolute Gasteiger partial charge is 0.153 e. The quantitative estimate of drug-likeness (QED) is 0.768. The molecule has 0 aliphatic heterocycles. The summed E-state index contributed by atoms with van der Waals surface area (Å²) in [7, 11) is 0. The van der Waals surface area contributed by atoms with Gasteiger partial charge in [-0.15, -0.1) is 0 Å². The summed E-state index contributed by atoms with van der Waals surface area (Å²) in [5.74, 6) is 0.0517. The highest BCUT2D eigenvalue weighted by atomic mass is 16.3. The van der Waals surface area contributed by atoms with Crippen molar-refractivity contribution in [1.82, 2.24) is 0 Å². The number of carbonyl (C=O) groups excluding carboxylic acids is 1. The Morgan fingerprint density at radius 3 is 2.62 bits per heavy atom. The molecule has 1 aromatic carbocycles. The predicted octanol–water partition coefficient (Wildman–Crippen LogP) is 2.95. The summed E-state index contributed by atoms with van der Waals surface area (Å²) in [5, 5.41) is 12.9. The van der Waals surface area contributed by atoms with Gasteiger partial charge < -0.3 is 10.4 Å². The molecule has 0 unspecified atom stereocenters. The SMILES string of the molecule is O=Cc1ccc(NC2CCCCC2)cc1O. The highest BCUT2D eigenvalue weighted by Crippen LogP contribution is 2.25. The third kappa shape index (κ3) is 2.54. The van der Waals surface area contributed by atoms with E-state index in [9.17, 15) is 9.90 Å². The number of anilines is 1. The van der Waals surface area contributed by atoms with Gasteiger partial charge in [-0.05, 0) is 25.0 Å². The number of nitrogens with one attached hydrogen (secondary N) is 1. The molecule has 0 bridgehead atoms. The van der Waals surface area contributed by atoms with Crippen molar-refractivity contribution in [3.05, 3.63) is 23.8 Å². The van der Waals surface area contributed by atoms with Crippen molar-refractivity contribution >= 4 is 12.0 Å². The van der Waals surface area contributed by atoms with Gasteiger partial charge in [-0.1, -0.05) is 19.3 Å². The van der Waals surface area contributed by atoms with Crippen LogP contribution in [-0.2, 0) is 0 Å². The molecule has 1 fully saturated rings. The number of aromatic hydroxyl groups is 1. The van der Waals surface area contributed by atoms with E-state index < -0.39 is 0 Å². The van der Waals surface area contributed by atoms with E-state index in [2.05, 4.69) is 5.32 Å². The van der Waals surface area contributed by atoms with Crippen LogP contribution in [0.25, 0.3) is 0 Å². The number of benzene rings is 1. The lowest BCUT2D eigenvalue weighted by molar-refractivity contribution is 0.112. The first kappa shape index (κ1) is 11.0. The molecule has 2 N–H and O–H groups in total. The minimum Gasteiger partial charge on any atom is -0.507 e. The highest BCUT2D eigenvalue weighted by Gasteiger charge is 2.13. The summed E-state index contributed by atoms with van der Waals surface area (Å²) in [6.07, 6.45) is 6.92. The van der Waals surface area contributed by atoms with Crippen molar-refractivity contribution < 1.29 is 9.90 Å². The van der Waals surface area contributed by atoms with Gasteiger partial charge in [-0.3, -0.25) is 4.79 Å². The van der Waals surface area contributed by atoms with E-state index in [-0.39, 0.29) is 5.75 Å². The lowest BCUT2D eigenvalue weighted by atomic mass is 9.95. The van der Waals surface area contributed by atoms with Gasteiger partial charge in [-0.2, -0.15) is 0 Å². The molecule has 0 amide bonds. The van der Waals surface area contributed by atoms with Crippen LogP contribution >= 0.6 is 0 Å². The van der Waals surface area contributed by atoms with Crippen LogP contribution in [0.5, 0.6) is 5.75 Å². The molecule has 0 saturated heterocycles. The van der Waals surface area contributed by atoms with Crippen molar-refractivity contribution in [1.29, 1.82) is 0 Å². The first-order valence-corrected chi connectivity index (χ1v) is 5.84. The van der Waals surface area contributed by atoms with Crippen molar-refractivity contribution in [2.24, 2.45) is 0 Å². The Hall–Kier alpha value is -1.51. The van der Waals surface area contributed by atoms with Gasteiger partial charge in [0.15, 0.2) is 6.29 Å². The summed E-state index contributed by atoms with van der Waals surface area (Å²) in [5.41, 5.74) is 1.24. The molecule has 0 heterocycles. The minimum absolute atomic E-state index is 0.0517. The molecule has 0 spiro atoms. The van der Waals surface area contributed by atoms with Crippen LogP contribution in [0.1, 0.15) is 42.5 Å². The topological polar surface area (TPSA) is 49.3 Å². The summed E-state index contributed by atoms with van der Waals surface area (Å²) in [6, 6.07) is 5.62. The molecule has 0 atom stereocenters. The van der Waals surface area contributed by atoms with Gasteiger partial charge in [-0.25, -0.2) is 0 Å². The second-order valence-corrected chi connectivity index (χ2v) is 4.37. The molecule has 3 nitrogen and oxygen atoms in total. The van der Waals surface area contributed by atoms with Crippen molar-refractivity contribution in [2.75, 3.05) is 5.32 Å². The van der Waals surface area contributed by atoms with Crippen LogP contribution < -0.4 is 5.32 Å². The molecule has 1 aliphatic rings. The number of carbonyl (C=O) groups is 1. The van der Waals surface area contributed by atoms with Crippen LogP contribution in [0.4, 0.5) is 5.69 Å². The van der Waals surface area contributed by atoms with Crippen molar-refractivity contribution in [3.8, 4) is 5.75 Å². The molecule has 1 saturated carbocycles. The summed E-state index contributed by atoms with van der Waals surface area (Å²) in [6.45, 7) is 0.